The molecule has 0 spiro atoms. The van der Waals surface area contributed by atoms with Gasteiger partial charge in [-0.3, -0.25) is 14.6 Å². The van der Waals surface area contributed by atoms with Crippen molar-refractivity contribution in [1.29, 1.82) is 0 Å². The zero-order valence-corrected chi connectivity index (χ0v) is 15.8. The molecule has 1 heterocycles. The van der Waals surface area contributed by atoms with Gasteiger partial charge < -0.3 is 5.32 Å². The van der Waals surface area contributed by atoms with Crippen molar-refractivity contribution in [2.45, 2.75) is 45.1 Å². The monoisotopic (exact) mass is 370 g/mol. The second-order valence-corrected chi connectivity index (χ2v) is 7.89. The Balaban J connectivity index is 1.64. The molecule has 1 aliphatic carbocycles. The summed E-state index contributed by atoms with van der Waals surface area (Å²) < 4.78 is 0. The first-order valence-corrected chi connectivity index (χ1v) is 9.25. The molecule has 0 radical (unpaired) electrons. The first-order valence-electron chi connectivity index (χ1n) is 8.88. The van der Waals surface area contributed by atoms with Crippen LogP contribution in [0.5, 0.6) is 0 Å². The molecule has 0 saturated heterocycles. The molecule has 1 N–H and O–H groups in total. The number of halogens is 1. The molecule has 26 heavy (non-hydrogen) atoms. The molecule has 1 aliphatic rings. The minimum absolute atomic E-state index is 0.0500. The quantitative estimate of drug-likeness (QED) is 0.801. The molecule has 0 atom stereocenters. The van der Waals surface area contributed by atoms with Crippen LogP contribution in [0.3, 0.4) is 0 Å². The van der Waals surface area contributed by atoms with Gasteiger partial charge in [0, 0.05) is 29.6 Å². The molecule has 0 aliphatic heterocycles. The van der Waals surface area contributed by atoms with E-state index in [0.717, 1.165) is 24.0 Å². The normalized spacial score (nSPS) is 14.1. The van der Waals surface area contributed by atoms with Gasteiger partial charge in [0.2, 0.25) is 0 Å². The first-order chi connectivity index (χ1) is 12.3. The zero-order valence-electron chi connectivity index (χ0n) is 15.1. The fourth-order valence-corrected chi connectivity index (χ4v) is 3.32. The number of amides is 1. The van der Waals surface area contributed by atoms with E-state index in [2.05, 4.69) is 10.3 Å². The van der Waals surface area contributed by atoms with E-state index in [-0.39, 0.29) is 30.1 Å². The number of aromatic nitrogens is 1. The highest BCUT2D eigenvalue weighted by molar-refractivity contribution is 6.31. The number of nitrogens with zero attached hydrogens (tertiary/aromatic N) is 1. The maximum Gasteiger partial charge on any atom is 0.270 e. The van der Waals surface area contributed by atoms with Gasteiger partial charge >= 0.3 is 0 Å². The minimum atomic E-state index is -0.228. The maximum absolute atomic E-state index is 12.5. The average molecular weight is 371 g/mol. The predicted molar refractivity (Wildman–Crippen MR) is 102 cm³/mol. The number of Topliss-reactive ketones (excluding diaryl/α,β-unsaturated/α-hetero) is 1. The van der Waals surface area contributed by atoms with Gasteiger partial charge in [-0.2, -0.15) is 0 Å². The highest BCUT2D eigenvalue weighted by Crippen LogP contribution is 2.39. The molecule has 2 aromatic rings. The van der Waals surface area contributed by atoms with Crippen LogP contribution in [0.25, 0.3) is 0 Å². The Kier molecular flexibility index (Phi) is 5.42. The Bertz CT molecular complexity index is 828. The number of carbonyl (C=O) groups excluding carboxylic acids is 2. The molecule has 3 rings (SSSR count). The summed E-state index contributed by atoms with van der Waals surface area (Å²) in [4.78, 5) is 29.0. The molecule has 1 aromatic carbocycles. The van der Waals surface area contributed by atoms with Crippen LogP contribution in [0.15, 0.2) is 42.6 Å². The van der Waals surface area contributed by atoms with E-state index in [0.29, 0.717) is 16.6 Å². The number of hydrogen-bond acceptors (Lipinski definition) is 3. The van der Waals surface area contributed by atoms with Crippen LogP contribution >= 0.6 is 11.6 Å². The number of rotatable bonds is 7. The van der Waals surface area contributed by atoms with Crippen molar-refractivity contribution in [1.82, 2.24) is 10.3 Å². The van der Waals surface area contributed by atoms with Crippen LogP contribution in [-0.4, -0.2) is 22.2 Å². The Morgan fingerprint density at radius 3 is 2.62 bits per heavy atom. The number of hydrogen-bond donors (Lipinski definition) is 1. The van der Waals surface area contributed by atoms with Crippen molar-refractivity contribution >= 4 is 23.3 Å². The van der Waals surface area contributed by atoms with Gasteiger partial charge in [-0.15, -0.1) is 0 Å². The van der Waals surface area contributed by atoms with Crippen molar-refractivity contribution in [2.75, 3.05) is 0 Å². The van der Waals surface area contributed by atoms with Crippen LogP contribution in [0.1, 0.15) is 48.3 Å². The third kappa shape index (κ3) is 4.70. The van der Waals surface area contributed by atoms with Crippen LogP contribution < -0.4 is 5.32 Å². The van der Waals surface area contributed by atoms with E-state index < -0.39 is 0 Å². The number of nitrogens with one attached hydrogen (secondary N) is 1. The van der Waals surface area contributed by atoms with E-state index in [1.165, 1.54) is 0 Å². The molecule has 0 bridgehead atoms. The molecular weight excluding hydrogens is 348 g/mol. The summed E-state index contributed by atoms with van der Waals surface area (Å²) >= 11 is 6.12. The van der Waals surface area contributed by atoms with Crippen LogP contribution in [-0.2, 0) is 17.6 Å². The Labute approximate surface area is 159 Å². The lowest BCUT2D eigenvalue weighted by molar-refractivity contribution is -0.117. The second kappa shape index (κ2) is 7.58. The summed E-state index contributed by atoms with van der Waals surface area (Å²) in [7, 11) is 0. The summed E-state index contributed by atoms with van der Waals surface area (Å²) in [6.07, 6.45) is 4.41. The fraction of sp³-hybridized carbons (Fsp3) is 0.381. The molecule has 4 nitrogen and oxygen atoms in total. The Hall–Kier alpha value is -2.20. The summed E-state index contributed by atoms with van der Waals surface area (Å²) in [6.45, 7) is 4.08. The zero-order chi connectivity index (χ0) is 18.7. The van der Waals surface area contributed by atoms with E-state index in [4.69, 9.17) is 11.6 Å². The molecule has 1 amide bonds. The third-order valence-corrected chi connectivity index (χ3v) is 5.21. The molecule has 1 saturated carbocycles. The minimum Gasteiger partial charge on any atom is -0.346 e. The number of ketones is 1. The fourth-order valence-electron chi connectivity index (χ4n) is 3.12. The topological polar surface area (TPSA) is 59.1 Å². The van der Waals surface area contributed by atoms with E-state index >= 15 is 0 Å². The van der Waals surface area contributed by atoms with Crippen molar-refractivity contribution in [3.05, 3.63) is 64.4 Å². The van der Waals surface area contributed by atoms with Gasteiger partial charge in [0.05, 0.1) is 0 Å². The molecule has 5 heteroatoms. The highest BCUT2D eigenvalue weighted by atomic mass is 35.5. The van der Waals surface area contributed by atoms with Crippen molar-refractivity contribution in [3.8, 4) is 0 Å². The van der Waals surface area contributed by atoms with Gasteiger partial charge in [0.1, 0.15) is 11.5 Å². The number of pyridine rings is 1. The summed E-state index contributed by atoms with van der Waals surface area (Å²) in [6, 6.07) is 10.8. The molecular formula is C21H23ClN2O2. The average Bonchev–Trinajstić information content (AvgIpc) is 3.42. The maximum atomic E-state index is 12.5. The van der Waals surface area contributed by atoms with Crippen molar-refractivity contribution < 1.29 is 9.59 Å². The van der Waals surface area contributed by atoms with Crippen LogP contribution in [0.2, 0.25) is 5.02 Å². The predicted octanol–water partition coefficient (Wildman–Crippen LogP) is 4.01. The van der Waals surface area contributed by atoms with E-state index in [1.54, 1.807) is 24.4 Å². The van der Waals surface area contributed by atoms with Gasteiger partial charge in [-0.25, -0.2) is 0 Å². The van der Waals surface area contributed by atoms with Gasteiger partial charge in [0.25, 0.3) is 5.91 Å². The van der Waals surface area contributed by atoms with Crippen LogP contribution in [0, 0.1) is 5.92 Å². The second-order valence-electron chi connectivity index (χ2n) is 7.48. The summed E-state index contributed by atoms with van der Waals surface area (Å²) in [5.41, 5.74) is 1.72. The summed E-state index contributed by atoms with van der Waals surface area (Å²) in [5.74, 6) is 0.392. The number of carbonyl (C=O) groups is 2. The Morgan fingerprint density at radius 2 is 1.92 bits per heavy atom. The smallest absolute Gasteiger partial charge is 0.270 e. The largest absolute Gasteiger partial charge is 0.346 e. The molecule has 1 fully saturated rings. The molecule has 136 valence electrons. The SMILES string of the molecule is CC(C)(NC(=O)c1cc(CC(=O)Cc2ccccc2Cl)ccn1)C1CC1. The lowest BCUT2D eigenvalue weighted by atomic mass is 9.98. The van der Waals surface area contributed by atoms with Crippen molar-refractivity contribution in [2.24, 2.45) is 5.92 Å². The number of benzene rings is 1. The standard InChI is InChI=1S/C21H23ClN2O2/c1-21(2,16-7-8-16)24-20(26)19-12-14(9-10-23-19)11-17(25)13-15-5-3-4-6-18(15)22/h3-6,9-10,12,16H,7-8,11,13H2,1-2H3,(H,24,26). The van der Waals surface area contributed by atoms with Crippen molar-refractivity contribution in [3.63, 3.8) is 0 Å². The molecule has 1 aromatic heterocycles. The van der Waals surface area contributed by atoms with Gasteiger partial charge in [-0.1, -0.05) is 29.8 Å². The summed E-state index contributed by atoms with van der Waals surface area (Å²) in [5, 5.41) is 3.65. The lowest BCUT2D eigenvalue weighted by Crippen LogP contribution is -2.45. The van der Waals surface area contributed by atoms with E-state index in [9.17, 15) is 9.59 Å². The first kappa shape index (κ1) is 18.6. The Morgan fingerprint density at radius 1 is 1.19 bits per heavy atom. The lowest BCUT2D eigenvalue weighted by Gasteiger charge is -2.25. The third-order valence-electron chi connectivity index (χ3n) is 4.84. The van der Waals surface area contributed by atoms with Gasteiger partial charge in [-0.05, 0) is 61.9 Å². The van der Waals surface area contributed by atoms with Crippen LogP contribution in [0.4, 0.5) is 0 Å². The van der Waals surface area contributed by atoms with Gasteiger partial charge in [0.15, 0.2) is 0 Å². The molecule has 0 unspecified atom stereocenters. The van der Waals surface area contributed by atoms with E-state index in [1.807, 2.05) is 32.0 Å². The highest BCUT2D eigenvalue weighted by Gasteiger charge is 2.39.